The van der Waals surface area contributed by atoms with Crippen molar-refractivity contribution >= 4 is 27.3 Å². The lowest BCUT2D eigenvalue weighted by molar-refractivity contribution is 0.0687. The third-order valence-electron chi connectivity index (χ3n) is 2.59. The highest BCUT2D eigenvalue weighted by atomic mass is 79.9. The van der Waals surface area contributed by atoms with E-state index in [9.17, 15) is 5.11 Å². The van der Waals surface area contributed by atoms with Gasteiger partial charge in [0.1, 0.15) is 0 Å². The predicted molar refractivity (Wildman–Crippen MR) is 58.1 cm³/mol. The van der Waals surface area contributed by atoms with Crippen LogP contribution in [0.1, 0.15) is 5.56 Å². The molecule has 0 unspecified atom stereocenters. The molecule has 0 bridgehead atoms. The van der Waals surface area contributed by atoms with Crippen LogP contribution in [0, 0.1) is 5.41 Å². The Labute approximate surface area is 90.1 Å². The monoisotopic (exact) mass is 261 g/mol. The van der Waals surface area contributed by atoms with Crippen LogP contribution in [0.3, 0.4) is 0 Å². The van der Waals surface area contributed by atoms with Crippen LogP contribution in [0.15, 0.2) is 15.2 Å². The van der Waals surface area contributed by atoms with Crippen molar-refractivity contribution in [2.24, 2.45) is 5.41 Å². The van der Waals surface area contributed by atoms with Crippen LogP contribution >= 0.6 is 27.3 Å². The van der Waals surface area contributed by atoms with Gasteiger partial charge in [0.2, 0.25) is 0 Å². The highest BCUT2D eigenvalue weighted by Gasteiger charge is 2.36. The van der Waals surface area contributed by atoms with E-state index in [2.05, 4.69) is 32.7 Å². The summed E-state index contributed by atoms with van der Waals surface area (Å²) < 4.78 is 1.20. The SMILES string of the molecule is OCC1(Cc2ccsc2Br)CNC1. The van der Waals surface area contributed by atoms with Crippen LogP contribution < -0.4 is 5.32 Å². The Balaban J connectivity index is 2.08. The second-order valence-electron chi connectivity index (χ2n) is 3.66. The summed E-state index contributed by atoms with van der Waals surface area (Å²) in [6.07, 6.45) is 0.973. The van der Waals surface area contributed by atoms with E-state index in [0.717, 1.165) is 19.5 Å². The van der Waals surface area contributed by atoms with Gasteiger partial charge in [-0.15, -0.1) is 11.3 Å². The van der Waals surface area contributed by atoms with E-state index in [0.29, 0.717) is 0 Å². The zero-order valence-corrected chi connectivity index (χ0v) is 9.62. The van der Waals surface area contributed by atoms with Crippen molar-refractivity contribution in [3.05, 3.63) is 20.8 Å². The normalized spacial score (nSPS) is 19.8. The van der Waals surface area contributed by atoms with Crippen LogP contribution in [0.5, 0.6) is 0 Å². The van der Waals surface area contributed by atoms with Gasteiger partial charge in [0.25, 0.3) is 0 Å². The van der Waals surface area contributed by atoms with E-state index in [-0.39, 0.29) is 12.0 Å². The van der Waals surface area contributed by atoms with Gasteiger partial charge in [-0.1, -0.05) is 0 Å². The van der Waals surface area contributed by atoms with Gasteiger partial charge in [0, 0.05) is 18.5 Å². The van der Waals surface area contributed by atoms with E-state index in [1.165, 1.54) is 9.35 Å². The largest absolute Gasteiger partial charge is 0.396 e. The minimum atomic E-state index is 0.101. The number of rotatable bonds is 3. The second kappa shape index (κ2) is 3.69. The molecular weight excluding hydrogens is 250 g/mol. The molecule has 0 aliphatic carbocycles. The first-order chi connectivity index (χ1) is 6.26. The summed E-state index contributed by atoms with van der Waals surface area (Å²) in [6, 6.07) is 2.13. The highest BCUT2D eigenvalue weighted by Crippen LogP contribution is 2.32. The number of nitrogens with one attached hydrogen (secondary N) is 1. The molecule has 2 nitrogen and oxygen atoms in total. The maximum atomic E-state index is 9.27. The first kappa shape index (κ1) is 9.65. The molecule has 1 aliphatic rings. The molecule has 0 spiro atoms. The highest BCUT2D eigenvalue weighted by molar-refractivity contribution is 9.11. The van der Waals surface area contributed by atoms with Gasteiger partial charge in [-0.3, -0.25) is 0 Å². The molecule has 0 saturated carbocycles. The molecule has 0 radical (unpaired) electrons. The second-order valence-corrected chi connectivity index (χ2v) is 5.89. The molecule has 1 aromatic rings. The quantitative estimate of drug-likeness (QED) is 0.867. The Hall–Kier alpha value is 0.1000. The van der Waals surface area contributed by atoms with Gasteiger partial charge in [0.15, 0.2) is 0 Å². The van der Waals surface area contributed by atoms with Crippen molar-refractivity contribution < 1.29 is 5.11 Å². The molecule has 2 N–H and O–H groups in total. The predicted octanol–water partition coefficient (Wildman–Crippen LogP) is 1.63. The summed E-state index contributed by atoms with van der Waals surface area (Å²) in [6.45, 7) is 2.15. The maximum absolute atomic E-state index is 9.27. The molecule has 1 aliphatic heterocycles. The van der Waals surface area contributed by atoms with Crippen molar-refractivity contribution in [1.82, 2.24) is 5.32 Å². The molecule has 1 fully saturated rings. The zero-order chi connectivity index (χ0) is 9.31. The molecule has 2 heterocycles. The molecule has 4 heteroatoms. The van der Waals surface area contributed by atoms with Gasteiger partial charge < -0.3 is 10.4 Å². The number of hydrogen-bond donors (Lipinski definition) is 2. The van der Waals surface area contributed by atoms with Crippen molar-refractivity contribution in [2.75, 3.05) is 19.7 Å². The Morgan fingerprint density at radius 1 is 1.62 bits per heavy atom. The van der Waals surface area contributed by atoms with Crippen LogP contribution in [-0.2, 0) is 6.42 Å². The average molecular weight is 262 g/mol. The third kappa shape index (κ3) is 1.81. The van der Waals surface area contributed by atoms with Gasteiger partial charge in [-0.25, -0.2) is 0 Å². The summed E-state index contributed by atoms with van der Waals surface area (Å²) in [4.78, 5) is 0. The molecule has 2 rings (SSSR count). The minimum Gasteiger partial charge on any atom is -0.396 e. The minimum absolute atomic E-state index is 0.101. The van der Waals surface area contributed by atoms with E-state index >= 15 is 0 Å². The summed E-state index contributed by atoms with van der Waals surface area (Å²) >= 11 is 5.22. The first-order valence-electron chi connectivity index (χ1n) is 4.29. The average Bonchev–Trinajstić information content (AvgIpc) is 2.44. The van der Waals surface area contributed by atoms with Crippen molar-refractivity contribution in [1.29, 1.82) is 0 Å². The van der Waals surface area contributed by atoms with Crippen LogP contribution in [-0.4, -0.2) is 24.8 Å². The molecule has 0 amide bonds. The fourth-order valence-electron chi connectivity index (χ4n) is 1.62. The van der Waals surface area contributed by atoms with Crippen molar-refractivity contribution in [3.63, 3.8) is 0 Å². The number of aliphatic hydroxyl groups is 1. The topological polar surface area (TPSA) is 32.3 Å². The zero-order valence-electron chi connectivity index (χ0n) is 7.22. The summed E-state index contributed by atoms with van der Waals surface area (Å²) in [5.74, 6) is 0. The van der Waals surface area contributed by atoms with E-state index in [4.69, 9.17) is 0 Å². The summed E-state index contributed by atoms with van der Waals surface area (Å²) in [5.41, 5.74) is 1.42. The smallest absolute Gasteiger partial charge is 0.0730 e. The Morgan fingerprint density at radius 2 is 2.38 bits per heavy atom. The van der Waals surface area contributed by atoms with E-state index in [1.54, 1.807) is 11.3 Å². The Kier molecular flexibility index (Phi) is 2.74. The lowest BCUT2D eigenvalue weighted by Gasteiger charge is -2.41. The number of hydrogen-bond acceptors (Lipinski definition) is 3. The molecule has 1 aromatic heterocycles. The van der Waals surface area contributed by atoms with Crippen molar-refractivity contribution in [2.45, 2.75) is 6.42 Å². The van der Waals surface area contributed by atoms with Gasteiger partial charge >= 0.3 is 0 Å². The first-order valence-corrected chi connectivity index (χ1v) is 5.96. The van der Waals surface area contributed by atoms with Gasteiger partial charge in [-0.05, 0) is 39.4 Å². The van der Waals surface area contributed by atoms with Gasteiger partial charge in [-0.2, -0.15) is 0 Å². The molecule has 0 atom stereocenters. The Morgan fingerprint density at radius 3 is 2.77 bits per heavy atom. The van der Waals surface area contributed by atoms with E-state index < -0.39 is 0 Å². The molecule has 72 valence electrons. The lowest BCUT2D eigenvalue weighted by atomic mass is 9.78. The number of aliphatic hydroxyl groups excluding tert-OH is 1. The Bertz CT molecular complexity index is 290. The third-order valence-corrected chi connectivity index (χ3v) is 4.41. The fourth-order valence-corrected chi connectivity index (χ4v) is 2.86. The molecule has 0 aromatic carbocycles. The molecule has 13 heavy (non-hydrogen) atoms. The summed E-state index contributed by atoms with van der Waals surface area (Å²) in [5, 5.41) is 14.6. The number of halogens is 1. The van der Waals surface area contributed by atoms with Crippen LogP contribution in [0.2, 0.25) is 0 Å². The van der Waals surface area contributed by atoms with Crippen molar-refractivity contribution in [3.8, 4) is 0 Å². The fraction of sp³-hybridized carbons (Fsp3) is 0.556. The number of thiophene rings is 1. The standard InChI is InChI=1S/C9H12BrNOS/c10-8-7(1-2-13-8)3-9(6-12)4-11-5-9/h1-2,11-12H,3-6H2. The molecular formula is C9H12BrNOS. The van der Waals surface area contributed by atoms with Crippen LogP contribution in [0.25, 0.3) is 0 Å². The van der Waals surface area contributed by atoms with Gasteiger partial charge in [0.05, 0.1) is 10.4 Å². The molecule has 1 saturated heterocycles. The van der Waals surface area contributed by atoms with E-state index in [1.807, 2.05) is 0 Å². The lowest BCUT2D eigenvalue weighted by Crippen LogP contribution is -2.56. The summed E-state index contributed by atoms with van der Waals surface area (Å²) in [7, 11) is 0. The van der Waals surface area contributed by atoms with Crippen LogP contribution in [0.4, 0.5) is 0 Å². The maximum Gasteiger partial charge on any atom is 0.0730 e.